The zero-order valence-corrected chi connectivity index (χ0v) is 14.3. The van der Waals surface area contributed by atoms with Crippen LogP contribution in [0.2, 0.25) is 5.02 Å². The minimum Gasteiger partial charge on any atom is -0.324 e. The Balaban J connectivity index is 1.61. The van der Waals surface area contributed by atoms with Crippen LogP contribution < -0.4 is 5.32 Å². The van der Waals surface area contributed by atoms with Crippen molar-refractivity contribution in [3.05, 3.63) is 63.1 Å². The fourth-order valence-corrected chi connectivity index (χ4v) is 3.39. The molecule has 1 aliphatic heterocycles. The first-order valence-corrected chi connectivity index (χ1v) is 8.33. The number of fused-ring (bicyclic) bond motifs is 1. The van der Waals surface area contributed by atoms with Crippen LogP contribution in [-0.2, 0) is 17.8 Å². The van der Waals surface area contributed by atoms with Crippen LogP contribution in [0.5, 0.6) is 0 Å². The fourth-order valence-electron chi connectivity index (χ4n) is 2.67. The van der Waals surface area contributed by atoms with Gasteiger partial charge in [0.2, 0.25) is 5.91 Å². The molecule has 0 aromatic heterocycles. The van der Waals surface area contributed by atoms with Gasteiger partial charge in [-0.2, -0.15) is 0 Å². The van der Waals surface area contributed by atoms with E-state index in [2.05, 4.69) is 44.3 Å². The van der Waals surface area contributed by atoms with E-state index in [1.807, 2.05) is 12.1 Å². The molecule has 1 amide bonds. The van der Waals surface area contributed by atoms with Crippen LogP contribution in [0.3, 0.4) is 0 Å². The second-order valence-electron chi connectivity index (χ2n) is 5.40. The molecule has 1 N–H and O–H groups in total. The second-order valence-corrected chi connectivity index (χ2v) is 6.72. The molecular formula is C17H16BrClN2O. The van der Waals surface area contributed by atoms with E-state index >= 15 is 0 Å². The largest absolute Gasteiger partial charge is 0.324 e. The van der Waals surface area contributed by atoms with Crippen molar-refractivity contribution in [3.63, 3.8) is 0 Å². The lowest BCUT2D eigenvalue weighted by Gasteiger charge is -2.28. The Kier molecular flexibility index (Phi) is 4.81. The number of nitrogens with zero attached hydrogens (tertiary/aromatic N) is 1. The molecule has 3 nitrogen and oxygen atoms in total. The van der Waals surface area contributed by atoms with Crippen LogP contribution >= 0.6 is 27.5 Å². The first-order valence-electron chi connectivity index (χ1n) is 7.16. The van der Waals surface area contributed by atoms with E-state index in [4.69, 9.17) is 11.6 Å². The van der Waals surface area contributed by atoms with Crippen LogP contribution in [0, 0.1) is 0 Å². The van der Waals surface area contributed by atoms with Gasteiger partial charge in [-0.1, -0.05) is 51.8 Å². The number of nitrogens with one attached hydrogen (secondary N) is 1. The first-order chi connectivity index (χ1) is 10.6. The molecule has 0 aliphatic carbocycles. The molecule has 0 unspecified atom stereocenters. The van der Waals surface area contributed by atoms with Crippen molar-refractivity contribution in [2.45, 2.75) is 13.0 Å². The van der Waals surface area contributed by atoms with Gasteiger partial charge in [0, 0.05) is 17.6 Å². The highest BCUT2D eigenvalue weighted by Gasteiger charge is 2.18. The highest BCUT2D eigenvalue weighted by molar-refractivity contribution is 9.10. The molecule has 22 heavy (non-hydrogen) atoms. The summed E-state index contributed by atoms with van der Waals surface area (Å²) in [5.41, 5.74) is 3.34. The van der Waals surface area contributed by atoms with E-state index in [0.717, 1.165) is 24.0 Å². The Morgan fingerprint density at radius 3 is 2.77 bits per heavy atom. The Hall–Kier alpha value is -1.36. The molecule has 1 heterocycles. The van der Waals surface area contributed by atoms with Crippen LogP contribution in [-0.4, -0.2) is 23.9 Å². The van der Waals surface area contributed by atoms with Crippen LogP contribution in [0.15, 0.2) is 46.9 Å². The van der Waals surface area contributed by atoms with Crippen molar-refractivity contribution >= 4 is 39.1 Å². The lowest BCUT2D eigenvalue weighted by Crippen LogP contribution is -2.37. The van der Waals surface area contributed by atoms with E-state index in [9.17, 15) is 4.79 Å². The van der Waals surface area contributed by atoms with E-state index < -0.39 is 0 Å². The number of carbonyl (C=O) groups is 1. The van der Waals surface area contributed by atoms with Gasteiger partial charge < -0.3 is 5.32 Å². The van der Waals surface area contributed by atoms with Crippen LogP contribution in [0.25, 0.3) is 0 Å². The minimum absolute atomic E-state index is 0.0383. The van der Waals surface area contributed by atoms with Gasteiger partial charge in [0.25, 0.3) is 0 Å². The summed E-state index contributed by atoms with van der Waals surface area (Å²) in [7, 11) is 0. The Bertz CT molecular complexity index is 705. The SMILES string of the molecule is O=C(CN1CCc2ccccc2C1)Nc1ccc(Br)cc1Cl. The average Bonchev–Trinajstić information content (AvgIpc) is 2.50. The van der Waals surface area contributed by atoms with Crippen molar-refractivity contribution in [2.75, 3.05) is 18.4 Å². The maximum absolute atomic E-state index is 12.2. The summed E-state index contributed by atoms with van der Waals surface area (Å²) in [6, 6.07) is 13.8. The monoisotopic (exact) mass is 378 g/mol. The summed E-state index contributed by atoms with van der Waals surface area (Å²) >= 11 is 9.48. The van der Waals surface area contributed by atoms with Gasteiger partial charge in [0.1, 0.15) is 0 Å². The molecule has 0 saturated carbocycles. The zero-order chi connectivity index (χ0) is 15.5. The second kappa shape index (κ2) is 6.82. The van der Waals surface area contributed by atoms with E-state index in [-0.39, 0.29) is 5.91 Å². The topological polar surface area (TPSA) is 32.3 Å². The number of hydrogen-bond acceptors (Lipinski definition) is 2. The van der Waals surface area contributed by atoms with Crippen molar-refractivity contribution < 1.29 is 4.79 Å². The maximum Gasteiger partial charge on any atom is 0.238 e. The summed E-state index contributed by atoms with van der Waals surface area (Å²) in [5.74, 6) is -0.0383. The molecule has 2 aromatic rings. The summed E-state index contributed by atoms with van der Waals surface area (Å²) in [6.07, 6.45) is 0.989. The Labute approximate surface area is 143 Å². The lowest BCUT2D eigenvalue weighted by atomic mass is 10.00. The number of halogens is 2. The minimum atomic E-state index is -0.0383. The molecular weight excluding hydrogens is 364 g/mol. The Morgan fingerprint density at radius 2 is 2.00 bits per heavy atom. The zero-order valence-electron chi connectivity index (χ0n) is 12.0. The molecule has 2 aromatic carbocycles. The molecule has 5 heteroatoms. The molecule has 1 aliphatic rings. The van der Waals surface area contributed by atoms with Crippen molar-refractivity contribution in [2.24, 2.45) is 0 Å². The molecule has 0 saturated heterocycles. The normalized spacial score (nSPS) is 14.5. The van der Waals surface area contributed by atoms with Gasteiger partial charge >= 0.3 is 0 Å². The molecule has 0 atom stereocenters. The van der Waals surface area contributed by atoms with E-state index in [1.54, 1.807) is 12.1 Å². The predicted molar refractivity (Wildman–Crippen MR) is 93.2 cm³/mol. The standard InChI is InChI=1S/C17H16BrClN2O/c18-14-5-6-16(15(19)9-14)20-17(22)11-21-8-7-12-3-1-2-4-13(12)10-21/h1-6,9H,7-8,10-11H2,(H,20,22). The third-order valence-electron chi connectivity index (χ3n) is 3.78. The average molecular weight is 380 g/mol. The first kappa shape index (κ1) is 15.5. The number of hydrogen-bond donors (Lipinski definition) is 1. The van der Waals surface area contributed by atoms with Crippen molar-refractivity contribution in [1.29, 1.82) is 0 Å². The number of anilines is 1. The number of benzene rings is 2. The van der Waals surface area contributed by atoms with Crippen LogP contribution in [0.1, 0.15) is 11.1 Å². The third kappa shape index (κ3) is 3.69. The quantitative estimate of drug-likeness (QED) is 0.871. The predicted octanol–water partition coefficient (Wildman–Crippen LogP) is 4.10. The van der Waals surface area contributed by atoms with Crippen molar-refractivity contribution in [1.82, 2.24) is 4.90 Å². The molecule has 0 bridgehead atoms. The summed E-state index contributed by atoms with van der Waals surface area (Å²) in [6.45, 7) is 2.09. The van der Waals surface area contributed by atoms with Gasteiger partial charge in [-0.05, 0) is 35.7 Å². The van der Waals surface area contributed by atoms with Gasteiger partial charge in [-0.25, -0.2) is 0 Å². The Morgan fingerprint density at radius 1 is 1.23 bits per heavy atom. The summed E-state index contributed by atoms with van der Waals surface area (Å²) in [4.78, 5) is 14.4. The third-order valence-corrected chi connectivity index (χ3v) is 4.59. The van der Waals surface area contributed by atoms with Gasteiger partial charge in [-0.15, -0.1) is 0 Å². The highest BCUT2D eigenvalue weighted by atomic mass is 79.9. The summed E-state index contributed by atoms with van der Waals surface area (Å²) in [5, 5.41) is 3.41. The van der Waals surface area contributed by atoms with E-state index in [0.29, 0.717) is 17.3 Å². The molecule has 0 spiro atoms. The van der Waals surface area contributed by atoms with Crippen LogP contribution in [0.4, 0.5) is 5.69 Å². The number of amides is 1. The van der Waals surface area contributed by atoms with E-state index in [1.165, 1.54) is 11.1 Å². The maximum atomic E-state index is 12.2. The van der Waals surface area contributed by atoms with Gasteiger partial charge in [-0.3, -0.25) is 9.69 Å². The fraction of sp³-hybridized carbons (Fsp3) is 0.235. The number of rotatable bonds is 3. The van der Waals surface area contributed by atoms with Gasteiger partial charge in [0.15, 0.2) is 0 Å². The van der Waals surface area contributed by atoms with Crippen molar-refractivity contribution in [3.8, 4) is 0 Å². The number of carbonyl (C=O) groups excluding carboxylic acids is 1. The molecule has 0 radical (unpaired) electrons. The smallest absolute Gasteiger partial charge is 0.238 e. The lowest BCUT2D eigenvalue weighted by molar-refractivity contribution is -0.117. The molecule has 3 rings (SSSR count). The highest BCUT2D eigenvalue weighted by Crippen LogP contribution is 2.25. The molecule has 0 fully saturated rings. The van der Waals surface area contributed by atoms with Gasteiger partial charge in [0.05, 0.1) is 17.3 Å². The summed E-state index contributed by atoms with van der Waals surface area (Å²) < 4.78 is 0.892. The molecule has 114 valence electrons.